The molecule has 9 nitrogen and oxygen atoms in total. The number of hydrogen-bond donors (Lipinski definition) is 2. The Hall–Kier alpha value is -3.08. The van der Waals surface area contributed by atoms with Crippen LogP contribution in [0.25, 0.3) is 16.8 Å². The second kappa shape index (κ2) is 13.7. The molecule has 2 aromatic carbocycles. The lowest BCUT2D eigenvalue weighted by molar-refractivity contribution is 0.0805. The summed E-state index contributed by atoms with van der Waals surface area (Å²) in [5.74, 6) is 2.29. The Labute approximate surface area is 265 Å². The Morgan fingerprint density at radius 1 is 1.02 bits per heavy atom. The van der Waals surface area contributed by atoms with Crippen LogP contribution in [0.4, 0.5) is 11.6 Å². The molecular formula is C32H40Cl2N6O3. The van der Waals surface area contributed by atoms with Gasteiger partial charge in [-0.1, -0.05) is 12.1 Å². The number of halogens is 2. The van der Waals surface area contributed by atoms with Gasteiger partial charge in [0.1, 0.15) is 11.5 Å². The van der Waals surface area contributed by atoms with Crippen LogP contribution in [0.15, 0.2) is 48.7 Å². The molecule has 1 atom stereocenters. The first-order valence-electron chi connectivity index (χ1n) is 14.8. The van der Waals surface area contributed by atoms with Crippen molar-refractivity contribution in [1.29, 1.82) is 0 Å². The van der Waals surface area contributed by atoms with Crippen molar-refractivity contribution in [3.63, 3.8) is 0 Å². The Balaban J connectivity index is 0.00000184. The molecule has 43 heavy (non-hydrogen) atoms. The molecule has 4 aromatic rings. The molecule has 1 saturated heterocycles. The molecule has 0 bridgehead atoms. The fraction of sp³-hybridized carbons (Fsp3) is 0.438. The van der Waals surface area contributed by atoms with E-state index < -0.39 is 0 Å². The van der Waals surface area contributed by atoms with Crippen LogP contribution in [0.5, 0.6) is 11.5 Å². The molecule has 1 fully saturated rings. The molecule has 1 aliphatic carbocycles. The van der Waals surface area contributed by atoms with E-state index in [0.29, 0.717) is 12.0 Å². The maximum atomic E-state index is 9.29. The predicted octanol–water partition coefficient (Wildman–Crippen LogP) is 4.78. The van der Waals surface area contributed by atoms with Gasteiger partial charge in [0, 0.05) is 50.7 Å². The second-order valence-corrected chi connectivity index (χ2v) is 11.3. The van der Waals surface area contributed by atoms with E-state index in [2.05, 4.69) is 56.5 Å². The lowest BCUT2D eigenvalue weighted by Gasteiger charge is -2.39. The number of methoxy groups -OCH3 is 1. The van der Waals surface area contributed by atoms with Gasteiger partial charge in [0.25, 0.3) is 0 Å². The minimum absolute atomic E-state index is 0. The smallest absolute Gasteiger partial charge is 0.245 e. The first-order chi connectivity index (χ1) is 20.2. The number of aliphatic hydroxyl groups excluding tert-OH is 1. The summed E-state index contributed by atoms with van der Waals surface area (Å²) in [5.41, 5.74) is 7.84. The van der Waals surface area contributed by atoms with Crippen LogP contribution in [-0.2, 0) is 19.3 Å². The number of ether oxygens (including phenoxy) is 2. The van der Waals surface area contributed by atoms with E-state index in [4.69, 9.17) is 14.6 Å². The number of fused-ring (bicyclic) bond motifs is 3. The van der Waals surface area contributed by atoms with Gasteiger partial charge in [0.2, 0.25) is 5.95 Å². The monoisotopic (exact) mass is 626 g/mol. The van der Waals surface area contributed by atoms with Crippen molar-refractivity contribution in [2.24, 2.45) is 0 Å². The molecular weight excluding hydrogens is 587 g/mol. The van der Waals surface area contributed by atoms with Crippen molar-refractivity contribution in [2.45, 2.75) is 38.1 Å². The van der Waals surface area contributed by atoms with Crippen LogP contribution < -0.4 is 14.8 Å². The van der Waals surface area contributed by atoms with E-state index in [1.165, 1.54) is 29.5 Å². The Bertz CT molecular complexity index is 1560. The summed E-state index contributed by atoms with van der Waals surface area (Å²) in [6.45, 7) is 5.93. The number of aliphatic hydroxyl groups is 1. The highest BCUT2D eigenvalue weighted by Gasteiger charge is 2.27. The van der Waals surface area contributed by atoms with Gasteiger partial charge in [-0.25, -0.2) is 9.50 Å². The Morgan fingerprint density at radius 2 is 1.88 bits per heavy atom. The van der Waals surface area contributed by atoms with Gasteiger partial charge in [0.15, 0.2) is 0 Å². The number of anilines is 2. The first-order valence-corrected chi connectivity index (χ1v) is 14.8. The molecule has 0 radical (unpaired) electrons. The Morgan fingerprint density at radius 3 is 2.70 bits per heavy atom. The van der Waals surface area contributed by atoms with Crippen LogP contribution in [0.3, 0.4) is 0 Å². The number of para-hydroxylation sites is 1. The zero-order valence-corrected chi connectivity index (χ0v) is 26.1. The second-order valence-electron chi connectivity index (χ2n) is 11.3. The molecule has 0 amide bonds. The van der Waals surface area contributed by atoms with Gasteiger partial charge in [-0.2, -0.15) is 0 Å². The molecule has 230 valence electrons. The number of piperazine rings is 1. The Kier molecular flexibility index (Phi) is 9.99. The number of rotatable bonds is 7. The number of aryl methyl sites for hydroxylation is 1. The van der Waals surface area contributed by atoms with Crippen LogP contribution >= 0.6 is 24.8 Å². The molecule has 2 N–H and O–H groups in total. The molecule has 7 rings (SSSR count). The van der Waals surface area contributed by atoms with E-state index >= 15 is 0 Å². The first kappa shape index (κ1) is 31.3. The highest BCUT2D eigenvalue weighted by molar-refractivity contribution is 5.85. The zero-order chi connectivity index (χ0) is 27.8. The molecule has 4 heterocycles. The summed E-state index contributed by atoms with van der Waals surface area (Å²) >= 11 is 0. The van der Waals surface area contributed by atoms with Gasteiger partial charge in [-0.3, -0.25) is 9.80 Å². The third kappa shape index (κ3) is 6.28. The zero-order valence-electron chi connectivity index (χ0n) is 24.5. The SMILES string of the molecule is COc1cc2c(cc1Nc1ncc3ccc(-c4cccc5c4OCC5)n3n1)CCCC(N1CCN(CCO)CC1)C2.Cl.Cl. The summed E-state index contributed by atoms with van der Waals surface area (Å²) in [7, 11) is 1.73. The molecule has 3 aliphatic rings. The van der Waals surface area contributed by atoms with Crippen LogP contribution in [0.1, 0.15) is 29.5 Å². The number of nitrogens with one attached hydrogen (secondary N) is 1. The number of aromatic nitrogens is 3. The highest BCUT2D eigenvalue weighted by atomic mass is 35.5. The normalized spacial score (nSPS) is 18.5. The summed E-state index contributed by atoms with van der Waals surface area (Å²) in [5, 5.41) is 17.6. The van der Waals surface area contributed by atoms with Crippen molar-refractivity contribution in [3.05, 3.63) is 65.4 Å². The minimum Gasteiger partial charge on any atom is -0.495 e. The van der Waals surface area contributed by atoms with Crippen LogP contribution in [0.2, 0.25) is 0 Å². The largest absolute Gasteiger partial charge is 0.495 e. The summed E-state index contributed by atoms with van der Waals surface area (Å²) < 4.78 is 13.8. The van der Waals surface area contributed by atoms with Crippen LogP contribution in [0, 0.1) is 0 Å². The summed E-state index contributed by atoms with van der Waals surface area (Å²) in [6, 6.07) is 15.4. The maximum absolute atomic E-state index is 9.29. The number of hydrogen-bond acceptors (Lipinski definition) is 8. The van der Waals surface area contributed by atoms with E-state index in [1.807, 2.05) is 16.8 Å². The van der Waals surface area contributed by atoms with Crippen molar-refractivity contribution < 1.29 is 14.6 Å². The van der Waals surface area contributed by atoms with Gasteiger partial charge >= 0.3 is 0 Å². The van der Waals surface area contributed by atoms with Crippen molar-refractivity contribution in [2.75, 3.05) is 58.4 Å². The van der Waals surface area contributed by atoms with Gasteiger partial charge in [0.05, 0.1) is 43.4 Å². The molecule has 2 aromatic heterocycles. The highest BCUT2D eigenvalue weighted by Crippen LogP contribution is 2.38. The standard InChI is InChI=1S/C32H38N6O3.2ClH/c1-40-30-20-24-18-25(37-13-11-36(12-14-37)15-16-39)6-2-5-23(24)19-28(30)34-32-33-21-26-8-9-29(38(26)35-32)27-7-3-4-22-10-17-41-31(22)27;;/h3-4,7-9,19-21,25,39H,2,5-6,10-18H2,1H3,(H,34,35);2*1H. The van der Waals surface area contributed by atoms with Gasteiger partial charge in [-0.05, 0) is 72.7 Å². The molecule has 1 unspecified atom stereocenters. The molecule has 2 aliphatic heterocycles. The van der Waals surface area contributed by atoms with E-state index in [9.17, 15) is 5.11 Å². The maximum Gasteiger partial charge on any atom is 0.245 e. The summed E-state index contributed by atoms with van der Waals surface area (Å²) in [4.78, 5) is 9.63. The predicted molar refractivity (Wildman–Crippen MR) is 174 cm³/mol. The van der Waals surface area contributed by atoms with Crippen molar-refractivity contribution in [3.8, 4) is 22.8 Å². The topological polar surface area (TPSA) is 87.4 Å². The van der Waals surface area contributed by atoms with Gasteiger partial charge < -0.3 is 19.9 Å². The summed E-state index contributed by atoms with van der Waals surface area (Å²) in [6.07, 6.45) is 7.24. The van der Waals surface area contributed by atoms with E-state index in [-0.39, 0.29) is 31.4 Å². The van der Waals surface area contributed by atoms with E-state index in [1.54, 1.807) is 7.11 Å². The number of benzene rings is 2. The number of β-amino-alcohol motifs (C(OH)–C–C–N with tert-alkyl or cyclic N) is 1. The van der Waals surface area contributed by atoms with Crippen LogP contribution in [-0.4, -0.2) is 88.6 Å². The minimum atomic E-state index is 0. The van der Waals surface area contributed by atoms with Gasteiger partial charge in [-0.15, -0.1) is 29.9 Å². The van der Waals surface area contributed by atoms with Crippen molar-refractivity contribution in [1.82, 2.24) is 24.4 Å². The fourth-order valence-electron chi connectivity index (χ4n) is 6.75. The van der Waals surface area contributed by atoms with Crippen molar-refractivity contribution >= 4 is 42.0 Å². The number of nitrogens with zero attached hydrogens (tertiary/aromatic N) is 5. The molecule has 0 saturated carbocycles. The third-order valence-corrected chi connectivity index (χ3v) is 8.94. The quantitative estimate of drug-likeness (QED) is 0.283. The lowest BCUT2D eigenvalue weighted by atomic mass is 9.99. The third-order valence-electron chi connectivity index (χ3n) is 8.94. The average molecular weight is 628 g/mol. The lowest BCUT2D eigenvalue weighted by Crippen LogP contribution is -2.51. The molecule has 0 spiro atoms. The fourth-order valence-corrected chi connectivity index (χ4v) is 6.75. The van der Waals surface area contributed by atoms with E-state index in [0.717, 1.165) is 92.6 Å². The average Bonchev–Trinajstić information content (AvgIpc) is 3.60. The molecule has 11 heteroatoms.